The smallest absolute Gasteiger partial charge is 0.364 e. The first kappa shape index (κ1) is 21.5. The summed E-state index contributed by atoms with van der Waals surface area (Å²) >= 11 is -1.95. The molecule has 2 N–H and O–H groups in total. The summed E-state index contributed by atoms with van der Waals surface area (Å²) in [6.07, 6.45) is -2.34. The molecule has 1 unspecified atom stereocenters. The van der Waals surface area contributed by atoms with E-state index >= 15 is 0 Å². The molecule has 25 heavy (non-hydrogen) atoms. The number of aliphatic carboxylic acids is 1. The molecule has 0 aromatic heterocycles. The van der Waals surface area contributed by atoms with E-state index in [4.69, 9.17) is 5.11 Å². The predicted octanol–water partition coefficient (Wildman–Crippen LogP) is 3.51. The average molecular weight is 381 g/mol. The van der Waals surface area contributed by atoms with Crippen LogP contribution < -0.4 is 4.72 Å². The van der Waals surface area contributed by atoms with Crippen LogP contribution in [0.3, 0.4) is 0 Å². The first-order chi connectivity index (χ1) is 11.3. The summed E-state index contributed by atoms with van der Waals surface area (Å²) in [4.78, 5) is 10.6. The van der Waals surface area contributed by atoms with E-state index in [0.29, 0.717) is 0 Å². The van der Waals surface area contributed by atoms with Gasteiger partial charge in [-0.2, -0.15) is 4.39 Å². The number of halogens is 4. The summed E-state index contributed by atoms with van der Waals surface area (Å²) in [6.45, 7) is 5.71. The molecule has 9 heteroatoms. The molecule has 1 aromatic rings. The molecule has 0 spiro atoms. The molecule has 0 saturated carbocycles. The van der Waals surface area contributed by atoms with Gasteiger partial charge in [0.15, 0.2) is 11.6 Å². The van der Waals surface area contributed by atoms with Crippen molar-refractivity contribution < 1.29 is 32.0 Å². The summed E-state index contributed by atoms with van der Waals surface area (Å²) in [5.74, 6) is -6.50. The topological polar surface area (TPSA) is 72.4 Å². The molecule has 4 nitrogen and oxygen atoms in total. The second-order valence-electron chi connectivity index (χ2n) is 6.51. The minimum Gasteiger partial charge on any atom is -0.598 e. The van der Waals surface area contributed by atoms with Crippen molar-refractivity contribution in [1.82, 2.24) is 4.72 Å². The first-order valence-electron chi connectivity index (χ1n) is 7.19. The van der Waals surface area contributed by atoms with Crippen LogP contribution in [0, 0.1) is 11.6 Å². The van der Waals surface area contributed by atoms with Crippen molar-refractivity contribution in [1.29, 1.82) is 0 Å². The van der Waals surface area contributed by atoms with Crippen molar-refractivity contribution in [3.05, 3.63) is 47.3 Å². The molecule has 0 heterocycles. The second kappa shape index (κ2) is 7.76. The fourth-order valence-corrected chi connectivity index (χ4v) is 2.79. The maximum atomic E-state index is 14.7. The van der Waals surface area contributed by atoms with Crippen molar-refractivity contribution in [3.63, 3.8) is 0 Å². The highest BCUT2D eigenvalue weighted by Gasteiger charge is 2.45. The lowest BCUT2D eigenvalue weighted by atomic mass is 9.87. The highest BCUT2D eigenvalue weighted by molar-refractivity contribution is 7.90. The lowest BCUT2D eigenvalue weighted by Crippen LogP contribution is -2.54. The molecule has 0 radical (unpaired) electrons. The summed E-state index contributed by atoms with van der Waals surface area (Å²) in [5, 5.41) is 8.55. The number of carbonyl (C=O) groups is 1. The lowest BCUT2D eigenvalue weighted by Gasteiger charge is -2.36. The van der Waals surface area contributed by atoms with Gasteiger partial charge in [-0.25, -0.2) is 18.0 Å². The number of carboxylic acid groups (broad SMARTS) is 1. The van der Waals surface area contributed by atoms with E-state index in [0.717, 1.165) is 25.1 Å². The van der Waals surface area contributed by atoms with E-state index in [9.17, 15) is 26.9 Å². The molecule has 1 aromatic carbocycles. The van der Waals surface area contributed by atoms with Crippen LogP contribution in [0.5, 0.6) is 0 Å². The van der Waals surface area contributed by atoms with Gasteiger partial charge in [-0.1, -0.05) is 12.1 Å². The molecule has 140 valence electrons. The summed E-state index contributed by atoms with van der Waals surface area (Å²) in [6, 6.07) is 2.96. The predicted molar refractivity (Wildman–Crippen MR) is 86.5 cm³/mol. The first-order valence-corrected chi connectivity index (χ1v) is 8.34. The van der Waals surface area contributed by atoms with Crippen LogP contribution in [0.25, 0.3) is 0 Å². The maximum absolute atomic E-state index is 14.7. The third-order valence-electron chi connectivity index (χ3n) is 3.42. The molecule has 0 amide bonds. The molecular formula is C16H19F4NO3S. The molecular weight excluding hydrogens is 362 g/mol. The van der Waals surface area contributed by atoms with Crippen molar-refractivity contribution >= 4 is 17.3 Å². The van der Waals surface area contributed by atoms with Crippen LogP contribution in [-0.2, 0) is 21.7 Å². The fourth-order valence-electron chi connectivity index (χ4n) is 1.88. The number of nitrogens with one attached hydrogen (secondary N) is 1. The van der Waals surface area contributed by atoms with Crippen molar-refractivity contribution in [2.45, 2.75) is 44.2 Å². The quantitative estimate of drug-likeness (QED) is 0.449. The van der Waals surface area contributed by atoms with Crippen LogP contribution in [0.2, 0.25) is 0 Å². The van der Waals surface area contributed by atoms with Crippen molar-refractivity contribution in [2.75, 3.05) is 0 Å². The Morgan fingerprint density at radius 1 is 1.32 bits per heavy atom. The van der Waals surface area contributed by atoms with Gasteiger partial charge in [0.1, 0.15) is 16.5 Å². The molecule has 0 aliphatic heterocycles. The standard InChI is InChI=1S/C16H19F4NO3S/c1-15(2,3)25(24)21-16(4,12(19)8-11(18)14(22)23)9-6-5-7-10(17)13(9)20/h5-8,12,21H,1-4H3,(H,22,23)/t12-,16?,25+/m0/s1. The Hall–Kier alpha value is -1.58. The van der Waals surface area contributed by atoms with Crippen LogP contribution in [0.4, 0.5) is 17.6 Å². The van der Waals surface area contributed by atoms with Gasteiger partial charge in [-0.05, 0) is 39.8 Å². The number of rotatable bonds is 6. The maximum Gasteiger partial charge on any atom is 0.364 e. The van der Waals surface area contributed by atoms with E-state index < -0.39 is 56.8 Å². The van der Waals surface area contributed by atoms with Crippen LogP contribution in [0.15, 0.2) is 30.1 Å². The third-order valence-corrected chi connectivity index (χ3v) is 5.14. The van der Waals surface area contributed by atoms with Crippen LogP contribution in [-0.4, -0.2) is 26.5 Å². The zero-order valence-electron chi connectivity index (χ0n) is 14.1. The molecule has 3 atom stereocenters. The van der Waals surface area contributed by atoms with Gasteiger partial charge >= 0.3 is 5.97 Å². The van der Waals surface area contributed by atoms with Gasteiger partial charge in [0, 0.05) is 16.9 Å². The third kappa shape index (κ3) is 4.96. The van der Waals surface area contributed by atoms with Gasteiger partial charge in [0.05, 0.1) is 0 Å². The van der Waals surface area contributed by atoms with Gasteiger partial charge in [0.25, 0.3) is 0 Å². The minimum absolute atomic E-state index is 0.111. The average Bonchev–Trinajstić information content (AvgIpc) is 2.48. The highest BCUT2D eigenvalue weighted by atomic mass is 32.2. The monoisotopic (exact) mass is 381 g/mol. The minimum atomic E-state index is -2.45. The molecule has 0 aliphatic rings. The lowest BCUT2D eigenvalue weighted by molar-refractivity contribution is -0.134. The Morgan fingerprint density at radius 3 is 2.36 bits per heavy atom. The highest BCUT2D eigenvalue weighted by Crippen LogP contribution is 2.34. The van der Waals surface area contributed by atoms with Gasteiger partial charge in [0.2, 0.25) is 5.83 Å². The molecule has 0 saturated heterocycles. The Kier molecular flexibility index (Phi) is 6.66. The number of hydrogen-bond donors (Lipinski definition) is 2. The normalized spacial score (nSPS) is 17.7. The van der Waals surface area contributed by atoms with Gasteiger partial charge in [-0.3, -0.25) is 0 Å². The van der Waals surface area contributed by atoms with Gasteiger partial charge in [-0.15, -0.1) is 4.72 Å². The molecule has 0 fully saturated rings. The van der Waals surface area contributed by atoms with Crippen LogP contribution >= 0.6 is 0 Å². The fraction of sp³-hybridized carbons (Fsp3) is 0.438. The van der Waals surface area contributed by atoms with Crippen molar-refractivity contribution in [3.8, 4) is 0 Å². The van der Waals surface area contributed by atoms with E-state index in [1.54, 1.807) is 20.8 Å². The zero-order valence-corrected chi connectivity index (χ0v) is 14.9. The molecule has 0 bridgehead atoms. The number of hydrogen-bond acceptors (Lipinski definition) is 3. The van der Waals surface area contributed by atoms with E-state index in [-0.39, 0.29) is 6.08 Å². The molecule has 0 aliphatic carbocycles. The van der Waals surface area contributed by atoms with E-state index in [1.807, 2.05) is 0 Å². The number of carboxylic acids is 1. The number of benzene rings is 1. The summed E-state index contributed by atoms with van der Waals surface area (Å²) in [5.41, 5.74) is -2.73. The SMILES string of the molecule is CC(N[S@+]([O-])C(C)(C)C)(c1cccc(F)c1F)[C@@H](F)C=C(F)C(=O)O. The molecule has 1 rings (SSSR count). The second-order valence-corrected chi connectivity index (χ2v) is 8.47. The van der Waals surface area contributed by atoms with Gasteiger partial charge < -0.3 is 9.66 Å². The Balaban J connectivity index is 3.48. The van der Waals surface area contributed by atoms with Crippen molar-refractivity contribution in [2.24, 2.45) is 0 Å². The zero-order chi connectivity index (χ0) is 19.6. The van der Waals surface area contributed by atoms with Crippen LogP contribution in [0.1, 0.15) is 33.3 Å². The summed E-state index contributed by atoms with van der Waals surface area (Å²) < 4.78 is 69.6. The number of alkyl halides is 1. The Morgan fingerprint density at radius 2 is 1.88 bits per heavy atom. The Bertz CT molecular complexity index is 678. The largest absolute Gasteiger partial charge is 0.598 e. The summed E-state index contributed by atoms with van der Waals surface area (Å²) in [7, 11) is 0. The van der Waals surface area contributed by atoms with E-state index in [2.05, 4.69) is 4.72 Å². The Labute approximate surface area is 146 Å². The van der Waals surface area contributed by atoms with E-state index in [1.165, 1.54) is 0 Å².